The lowest BCUT2D eigenvalue weighted by Crippen LogP contribution is -2.25. The molecule has 7 nitrogen and oxygen atoms in total. The van der Waals surface area contributed by atoms with Crippen LogP contribution >= 0.6 is 0 Å². The number of pyridine rings is 1. The summed E-state index contributed by atoms with van der Waals surface area (Å²) in [5.74, 6) is 2.13. The molecule has 0 spiro atoms. The maximum atomic E-state index is 9.33. The zero-order valence-electron chi connectivity index (χ0n) is 50.0. The lowest BCUT2D eigenvalue weighted by Gasteiger charge is -2.27. The van der Waals surface area contributed by atoms with Gasteiger partial charge in [-0.3, -0.25) is 4.57 Å². The largest absolute Gasteiger partial charge is 0.457 e. The molecule has 0 atom stereocenters. The third kappa shape index (κ3) is 7.33. The Labute approximate surface area is 448 Å². The van der Waals surface area contributed by atoms with Gasteiger partial charge in [0.2, 0.25) is 0 Å². The second-order valence-electron chi connectivity index (χ2n) is 23.4. The van der Waals surface area contributed by atoms with Crippen LogP contribution in [0.1, 0.15) is 87.2 Å². The molecule has 1 aliphatic heterocycles. The molecule has 0 radical (unpaired) electrons. The summed E-state index contributed by atoms with van der Waals surface area (Å²) in [6, 6.07) is 57.1. The average molecular weight is 987 g/mol. The summed E-state index contributed by atoms with van der Waals surface area (Å²) in [5, 5.41) is 5.21. The van der Waals surface area contributed by atoms with E-state index in [-0.39, 0.29) is 22.9 Å². The van der Waals surface area contributed by atoms with Crippen molar-refractivity contribution >= 4 is 88.2 Å². The Kier molecular flexibility index (Phi) is 8.89. The first-order valence-electron chi connectivity index (χ1n) is 29.0. The quantitative estimate of drug-likeness (QED) is 0.166. The number of aromatic nitrogens is 4. The molecule has 75 heavy (non-hydrogen) atoms. The summed E-state index contributed by atoms with van der Waals surface area (Å²) in [4.78, 5) is 9.34. The van der Waals surface area contributed by atoms with Crippen molar-refractivity contribution in [2.45, 2.75) is 78.6 Å². The number of ether oxygens (including phenoxy) is 1. The van der Waals surface area contributed by atoms with Crippen LogP contribution in [0.3, 0.4) is 0 Å². The van der Waals surface area contributed by atoms with E-state index in [4.69, 9.17) is 9.72 Å². The van der Waals surface area contributed by atoms with Gasteiger partial charge in [-0.1, -0.05) is 147 Å². The Hall–Kier alpha value is -8.29. The zero-order chi connectivity index (χ0) is 56.9. The number of fused-ring (bicyclic) bond motifs is 10. The van der Waals surface area contributed by atoms with Gasteiger partial charge in [-0.15, -0.1) is 0 Å². The van der Waals surface area contributed by atoms with E-state index < -0.39 is 14.0 Å². The zero-order valence-corrected chi connectivity index (χ0v) is 44.0. The van der Waals surface area contributed by atoms with Gasteiger partial charge in [-0.05, 0) is 111 Å². The van der Waals surface area contributed by atoms with Crippen molar-refractivity contribution in [1.82, 2.24) is 18.7 Å². The molecule has 0 unspecified atom stereocenters. The normalized spacial score (nSPS) is 14.9. The first kappa shape index (κ1) is 40.1. The molecule has 1 aliphatic rings. The fraction of sp³-hybridized carbons (Fsp3) is 0.221. The van der Waals surface area contributed by atoms with Crippen molar-refractivity contribution < 1.29 is 13.0 Å². The van der Waals surface area contributed by atoms with Gasteiger partial charge in [0.15, 0.2) is 0 Å². The molecule has 0 saturated heterocycles. The van der Waals surface area contributed by atoms with Gasteiger partial charge in [0.1, 0.15) is 24.0 Å². The van der Waals surface area contributed by atoms with Crippen LogP contribution in [0.4, 0.5) is 22.7 Å². The molecule has 5 heterocycles. The van der Waals surface area contributed by atoms with Gasteiger partial charge >= 0.3 is 0 Å². The van der Waals surface area contributed by atoms with Gasteiger partial charge in [0, 0.05) is 95.1 Å². The number of rotatable bonds is 6. The van der Waals surface area contributed by atoms with Gasteiger partial charge in [0.05, 0.1) is 39.1 Å². The fourth-order valence-corrected chi connectivity index (χ4v) is 11.6. The van der Waals surface area contributed by atoms with E-state index in [9.17, 15) is 8.22 Å². The van der Waals surface area contributed by atoms with Crippen molar-refractivity contribution in [3.63, 3.8) is 0 Å². The Bertz CT molecular complexity index is 4410. The van der Waals surface area contributed by atoms with Gasteiger partial charge in [-0.2, -0.15) is 0 Å². The SMILES string of the molecule is [2H]C([2H])([2H])n1c2ccccc2c2c(-c3ccccc3)c3c4ccccc4n(C([2H])([2H])[2H])c3c(N3CN(c4cc(Oc5ccc6c7cc(C(C)(C)C)ccc7n(-c7cc(C(C)(C)C)ccn7)c6c5)cc(C(C)(C)C)c4)c4ccccc43)c21. The number of hydrogen-bond donors (Lipinski definition) is 0. The molecule has 0 N–H and O–H groups in total. The molecular weight excluding hydrogens is 917 g/mol. The number of anilines is 4. The van der Waals surface area contributed by atoms with Crippen molar-refractivity contribution in [2.24, 2.45) is 14.0 Å². The molecule has 372 valence electrons. The molecule has 13 rings (SSSR count). The van der Waals surface area contributed by atoms with Crippen LogP contribution in [0.25, 0.3) is 82.4 Å². The smallest absolute Gasteiger partial charge is 0.137 e. The third-order valence-corrected chi connectivity index (χ3v) is 15.5. The summed E-state index contributed by atoms with van der Waals surface area (Å²) in [6.45, 7) is 14.8. The highest BCUT2D eigenvalue weighted by atomic mass is 16.5. The molecule has 12 aromatic rings. The molecule has 8 aromatic carbocycles. The molecule has 4 aromatic heterocycles. The lowest BCUT2D eigenvalue weighted by atomic mass is 9.86. The minimum atomic E-state index is -2.68. The van der Waals surface area contributed by atoms with E-state index in [1.54, 1.807) is 0 Å². The van der Waals surface area contributed by atoms with Crippen LogP contribution in [-0.2, 0) is 30.2 Å². The van der Waals surface area contributed by atoms with Crippen LogP contribution in [0.2, 0.25) is 0 Å². The average Bonchev–Trinajstić information content (AvgIpc) is 2.95. The minimum absolute atomic E-state index is 0.0559. The number of hydrogen-bond acceptors (Lipinski definition) is 4. The third-order valence-electron chi connectivity index (χ3n) is 15.5. The number of aryl methyl sites for hydroxylation is 2. The first-order valence-corrected chi connectivity index (χ1v) is 26.0. The van der Waals surface area contributed by atoms with E-state index in [0.29, 0.717) is 39.3 Å². The Balaban J connectivity index is 1.03. The van der Waals surface area contributed by atoms with Crippen LogP contribution in [-0.4, -0.2) is 25.4 Å². The summed E-state index contributed by atoms with van der Waals surface area (Å²) in [6.07, 6.45) is 1.90. The molecule has 0 saturated carbocycles. The second kappa shape index (κ2) is 16.6. The predicted octanol–water partition coefficient (Wildman–Crippen LogP) is 18.1. The lowest BCUT2D eigenvalue weighted by molar-refractivity contribution is 0.479. The minimum Gasteiger partial charge on any atom is -0.457 e. The van der Waals surface area contributed by atoms with Crippen molar-refractivity contribution in [2.75, 3.05) is 16.5 Å². The van der Waals surface area contributed by atoms with Crippen LogP contribution in [0.15, 0.2) is 176 Å². The molecule has 0 bridgehead atoms. The number of nitrogens with zero attached hydrogens (tertiary/aromatic N) is 6. The standard InChI is InChI=1S/C68H64N6O/c1-66(2,3)43-29-32-55-52(37-43)49-31-30-47(40-58(49)74(55)59-38-44(33-34-69-59)67(4,5)6)75-48-36-45(68(7,8)9)35-46(39-48)72-41-73(57-28-20-19-27-56(57)72)65-63-61(50-23-15-17-25-53(50)70(63)10)60(42-21-13-12-14-22-42)62-51-24-16-18-26-54(51)71(11)64(62)65/h12-40H,41H2,1-11H3/i10D3,11D3. The topological polar surface area (TPSA) is 43.4 Å². The summed E-state index contributed by atoms with van der Waals surface area (Å²) < 4.78 is 68.2. The highest BCUT2D eigenvalue weighted by Crippen LogP contribution is 2.55. The molecule has 7 heteroatoms. The van der Waals surface area contributed by atoms with E-state index in [2.05, 4.69) is 149 Å². The molecule has 0 aliphatic carbocycles. The maximum absolute atomic E-state index is 9.33. The molecule has 0 amide bonds. The van der Waals surface area contributed by atoms with E-state index in [1.807, 2.05) is 103 Å². The van der Waals surface area contributed by atoms with Crippen molar-refractivity contribution in [3.05, 3.63) is 193 Å². The van der Waals surface area contributed by atoms with Gasteiger partial charge < -0.3 is 23.7 Å². The second-order valence-corrected chi connectivity index (χ2v) is 23.4. The Morgan fingerprint density at radius 3 is 1.71 bits per heavy atom. The van der Waals surface area contributed by atoms with Crippen molar-refractivity contribution in [1.29, 1.82) is 0 Å². The maximum Gasteiger partial charge on any atom is 0.137 e. The summed E-state index contributed by atoms with van der Waals surface area (Å²) in [5.41, 5.74) is 11.5. The van der Waals surface area contributed by atoms with E-state index >= 15 is 0 Å². The monoisotopic (exact) mass is 987 g/mol. The highest BCUT2D eigenvalue weighted by Gasteiger charge is 2.35. The molecule has 0 fully saturated rings. The van der Waals surface area contributed by atoms with E-state index in [0.717, 1.165) is 82.9 Å². The fourth-order valence-electron chi connectivity index (χ4n) is 11.6. The Morgan fingerprint density at radius 1 is 0.467 bits per heavy atom. The molecular formula is C68H64N6O. The number of para-hydroxylation sites is 4. The van der Waals surface area contributed by atoms with Crippen LogP contribution < -0.4 is 14.5 Å². The van der Waals surface area contributed by atoms with E-state index in [1.165, 1.54) is 20.3 Å². The van der Waals surface area contributed by atoms with Crippen LogP contribution in [0, 0.1) is 0 Å². The number of benzene rings is 8. The van der Waals surface area contributed by atoms with Crippen molar-refractivity contribution in [3.8, 4) is 28.4 Å². The predicted molar refractivity (Wildman–Crippen MR) is 317 cm³/mol. The summed E-state index contributed by atoms with van der Waals surface area (Å²) >= 11 is 0. The van der Waals surface area contributed by atoms with Crippen LogP contribution in [0.5, 0.6) is 11.5 Å². The first-order chi connectivity index (χ1) is 38.4. The van der Waals surface area contributed by atoms with Gasteiger partial charge in [-0.25, -0.2) is 4.98 Å². The highest BCUT2D eigenvalue weighted by molar-refractivity contribution is 6.33. The van der Waals surface area contributed by atoms with Gasteiger partial charge in [0.25, 0.3) is 0 Å². The summed E-state index contributed by atoms with van der Waals surface area (Å²) in [7, 11) is 0. The Morgan fingerprint density at radius 2 is 1.07 bits per heavy atom.